The maximum atomic E-state index is 14.8. The van der Waals surface area contributed by atoms with E-state index >= 15 is 0 Å². The van der Waals surface area contributed by atoms with Crippen LogP contribution in [-0.2, 0) is 12.7 Å². The van der Waals surface area contributed by atoms with Crippen LogP contribution in [-0.4, -0.2) is 20.9 Å². The Bertz CT molecular complexity index is 644. The zero-order chi connectivity index (χ0) is 15.1. The summed E-state index contributed by atoms with van der Waals surface area (Å²) in [5.41, 5.74) is -4.77. The highest BCUT2D eigenvalue weighted by Crippen LogP contribution is 2.46. The van der Waals surface area contributed by atoms with Crippen molar-refractivity contribution in [1.82, 2.24) is 14.8 Å². The minimum atomic E-state index is -5.30. The quantitative estimate of drug-likeness (QED) is 0.368. The molecule has 20 heavy (non-hydrogen) atoms. The second kappa shape index (κ2) is 4.58. The molecule has 0 spiro atoms. The molecule has 108 valence electrons. The van der Waals surface area contributed by atoms with E-state index in [4.69, 9.17) is 11.6 Å². The molecule has 0 aliphatic carbocycles. The molecule has 5 nitrogen and oxygen atoms in total. The lowest BCUT2D eigenvalue weighted by molar-refractivity contribution is -0.603. The Kier molecular flexibility index (Phi) is 3.32. The van der Waals surface area contributed by atoms with E-state index in [1.165, 1.54) is 7.05 Å². The summed E-state index contributed by atoms with van der Waals surface area (Å²) in [6, 6.07) is 1.30. The van der Waals surface area contributed by atoms with Crippen LogP contribution >= 0.6 is 11.6 Å². The van der Waals surface area contributed by atoms with Crippen LogP contribution in [0.15, 0.2) is 24.7 Å². The fourth-order valence-corrected chi connectivity index (χ4v) is 1.86. The highest BCUT2D eigenvalue weighted by Gasteiger charge is 2.62. The van der Waals surface area contributed by atoms with E-state index in [-0.39, 0.29) is 4.73 Å². The fraction of sp³-hybridized carbons (Fsp3) is 0.300. The number of alkyl halides is 4. The number of hydrogen-bond donors (Lipinski definition) is 0. The standard InChI is InChI=1S/C10H7ClF4N4O/c1-18-5-16-17-8(18)9(12,10(13,14)15)6-2-3-19(20)7(11)4-6/h2-5H,1H3. The average Bonchev–Trinajstić information content (AvgIpc) is 2.77. The Morgan fingerprint density at radius 1 is 1.35 bits per heavy atom. The molecule has 2 rings (SSSR count). The van der Waals surface area contributed by atoms with Gasteiger partial charge in [0.2, 0.25) is 0 Å². The molecule has 0 fully saturated rings. The molecule has 0 bridgehead atoms. The van der Waals surface area contributed by atoms with Gasteiger partial charge in [0.1, 0.15) is 6.33 Å². The summed E-state index contributed by atoms with van der Waals surface area (Å²) in [7, 11) is 1.17. The van der Waals surface area contributed by atoms with Gasteiger partial charge in [-0.3, -0.25) is 0 Å². The first kappa shape index (κ1) is 14.5. The van der Waals surface area contributed by atoms with E-state index in [0.29, 0.717) is 18.3 Å². The van der Waals surface area contributed by atoms with Crippen molar-refractivity contribution in [3.63, 3.8) is 0 Å². The van der Waals surface area contributed by atoms with Crippen LogP contribution in [0.1, 0.15) is 11.4 Å². The molecule has 2 aromatic heterocycles. The summed E-state index contributed by atoms with van der Waals surface area (Å²) >= 11 is 5.44. The maximum Gasteiger partial charge on any atom is 0.434 e. The van der Waals surface area contributed by atoms with Crippen LogP contribution in [0.4, 0.5) is 17.6 Å². The first-order valence-corrected chi connectivity index (χ1v) is 5.55. The van der Waals surface area contributed by atoms with Gasteiger partial charge >= 0.3 is 6.18 Å². The van der Waals surface area contributed by atoms with Crippen molar-refractivity contribution in [2.45, 2.75) is 11.8 Å². The molecule has 0 aromatic carbocycles. The molecule has 1 atom stereocenters. The molecule has 1 unspecified atom stereocenters. The molecule has 0 saturated heterocycles. The molecule has 0 aliphatic heterocycles. The van der Waals surface area contributed by atoms with E-state index in [0.717, 1.165) is 10.9 Å². The van der Waals surface area contributed by atoms with Crippen molar-refractivity contribution >= 4 is 11.6 Å². The zero-order valence-electron chi connectivity index (χ0n) is 9.90. The van der Waals surface area contributed by atoms with Gasteiger partial charge in [-0.2, -0.15) is 17.9 Å². The summed E-state index contributed by atoms with van der Waals surface area (Å²) in [6.45, 7) is 0. The first-order valence-electron chi connectivity index (χ1n) is 5.17. The van der Waals surface area contributed by atoms with Gasteiger partial charge in [-0.1, -0.05) is 0 Å². The van der Waals surface area contributed by atoms with Gasteiger partial charge in [0.15, 0.2) is 12.0 Å². The first-order chi connectivity index (χ1) is 9.18. The van der Waals surface area contributed by atoms with Crippen LogP contribution in [0.5, 0.6) is 0 Å². The van der Waals surface area contributed by atoms with Crippen LogP contribution in [0.2, 0.25) is 5.15 Å². The second-order valence-corrected chi connectivity index (χ2v) is 4.37. The molecule has 0 N–H and O–H groups in total. The van der Waals surface area contributed by atoms with Crippen molar-refractivity contribution in [2.75, 3.05) is 0 Å². The van der Waals surface area contributed by atoms with Crippen molar-refractivity contribution < 1.29 is 22.3 Å². The summed E-state index contributed by atoms with van der Waals surface area (Å²) in [5, 5.41) is 16.9. The van der Waals surface area contributed by atoms with E-state index in [1.807, 2.05) is 0 Å². The molecular formula is C10H7ClF4N4O. The third kappa shape index (κ3) is 2.07. The summed E-state index contributed by atoms with van der Waals surface area (Å²) in [4.78, 5) is 0. The normalized spacial score (nSPS) is 15.1. The van der Waals surface area contributed by atoms with Crippen molar-refractivity contribution in [2.24, 2.45) is 7.05 Å². The van der Waals surface area contributed by atoms with Gasteiger partial charge in [0.05, 0.1) is 0 Å². The van der Waals surface area contributed by atoms with Crippen molar-refractivity contribution in [3.8, 4) is 0 Å². The maximum absolute atomic E-state index is 14.8. The lowest BCUT2D eigenvalue weighted by atomic mass is 9.95. The largest absolute Gasteiger partial charge is 0.618 e. The van der Waals surface area contributed by atoms with Crippen LogP contribution in [0.3, 0.4) is 0 Å². The monoisotopic (exact) mass is 310 g/mol. The van der Waals surface area contributed by atoms with Crippen LogP contribution < -0.4 is 4.73 Å². The number of rotatable bonds is 2. The molecule has 0 aliphatic rings. The summed E-state index contributed by atoms with van der Waals surface area (Å²) in [6.07, 6.45) is -3.67. The number of aryl methyl sites for hydroxylation is 1. The van der Waals surface area contributed by atoms with Gasteiger partial charge in [-0.25, -0.2) is 4.39 Å². The number of nitrogens with zero attached hydrogens (tertiary/aromatic N) is 4. The van der Waals surface area contributed by atoms with Gasteiger partial charge in [-0.05, 0) is 11.6 Å². The lowest BCUT2D eigenvalue weighted by Gasteiger charge is -2.26. The predicted molar refractivity (Wildman–Crippen MR) is 59.4 cm³/mol. The lowest BCUT2D eigenvalue weighted by Crippen LogP contribution is -2.42. The molecule has 0 amide bonds. The van der Waals surface area contributed by atoms with Crippen LogP contribution in [0.25, 0.3) is 0 Å². The Morgan fingerprint density at radius 2 is 2.00 bits per heavy atom. The highest BCUT2D eigenvalue weighted by molar-refractivity contribution is 6.28. The average molecular weight is 311 g/mol. The van der Waals surface area contributed by atoms with Crippen molar-refractivity contribution in [1.29, 1.82) is 0 Å². The Hall–Kier alpha value is -1.90. The molecule has 0 saturated carbocycles. The van der Waals surface area contributed by atoms with E-state index in [9.17, 15) is 22.8 Å². The van der Waals surface area contributed by atoms with E-state index in [1.54, 1.807) is 0 Å². The third-order valence-corrected chi connectivity index (χ3v) is 2.96. The number of aromatic nitrogens is 4. The van der Waals surface area contributed by atoms with Gasteiger partial charge in [0.25, 0.3) is 10.8 Å². The van der Waals surface area contributed by atoms with E-state index in [2.05, 4.69) is 10.2 Å². The topological polar surface area (TPSA) is 57.7 Å². The fourth-order valence-electron chi connectivity index (χ4n) is 1.69. The smallest absolute Gasteiger partial charge is 0.434 e. The van der Waals surface area contributed by atoms with Gasteiger partial charge in [0, 0.05) is 24.7 Å². The van der Waals surface area contributed by atoms with Gasteiger partial charge < -0.3 is 9.77 Å². The Balaban J connectivity index is 2.71. The highest BCUT2D eigenvalue weighted by atomic mass is 35.5. The molecule has 2 aromatic rings. The molecular weight excluding hydrogens is 304 g/mol. The van der Waals surface area contributed by atoms with E-state index < -0.39 is 28.4 Å². The third-order valence-electron chi connectivity index (χ3n) is 2.68. The second-order valence-electron chi connectivity index (χ2n) is 3.99. The Morgan fingerprint density at radius 3 is 2.45 bits per heavy atom. The van der Waals surface area contributed by atoms with Crippen molar-refractivity contribution in [3.05, 3.63) is 46.4 Å². The zero-order valence-corrected chi connectivity index (χ0v) is 10.7. The molecule has 10 heteroatoms. The molecule has 0 radical (unpaired) electrons. The minimum absolute atomic E-state index is 0.110. The SMILES string of the molecule is Cn1cnnc1C(F)(c1cc[n+]([O-])c(Cl)c1)C(F)(F)F. The minimum Gasteiger partial charge on any atom is -0.618 e. The number of hydrogen-bond acceptors (Lipinski definition) is 3. The Labute approximate surface area is 115 Å². The van der Waals surface area contributed by atoms with Crippen LogP contribution in [0, 0.1) is 5.21 Å². The van der Waals surface area contributed by atoms with Gasteiger partial charge in [-0.15, -0.1) is 10.2 Å². The molecule has 2 heterocycles. The predicted octanol–water partition coefficient (Wildman–Crippen LogP) is 1.88. The number of halogens is 5. The summed E-state index contributed by atoms with van der Waals surface area (Å²) in [5.74, 6) is -0.954. The summed E-state index contributed by atoms with van der Waals surface area (Å²) < 4.78 is 55.2. The number of pyridine rings is 1.